The summed E-state index contributed by atoms with van der Waals surface area (Å²) >= 11 is 5.80. The molecule has 1 heterocycles. The molecule has 1 saturated heterocycles. The number of hydrogen-bond donors (Lipinski definition) is 2. The Labute approximate surface area is 109 Å². The highest BCUT2D eigenvalue weighted by atomic mass is 35.5. The Morgan fingerprint density at radius 2 is 2.33 bits per heavy atom. The highest BCUT2D eigenvalue weighted by Gasteiger charge is 2.41. The Hall–Kier alpha value is -1.17. The van der Waals surface area contributed by atoms with E-state index in [1.165, 1.54) is 12.1 Å². The zero-order chi connectivity index (χ0) is 13.3. The van der Waals surface area contributed by atoms with E-state index < -0.39 is 11.5 Å². The first kappa shape index (κ1) is 13.3. The third kappa shape index (κ3) is 2.63. The molecular weight excluding hydrogens is 259 g/mol. The topological polar surface area (TPSA) is 66.6 Å². The lowest BCUT2D eigenvalue weighted by molar-refractivity contribution is -0.142. The summed E-state index contributed by atoms with van der Waals surface area (Å²) < 4.78 is 13.5. The van der Waals surface area contributed by atoms with Crippen LogP contribution in [0.25, 0.3) is 0 Å². The lowest BCUT2D eigenvalue weighted by atomic mass is 10.0. The Morgan fingerprint density at radius 3 is 2.94 bits per heavy atom. The van der Waals surface area contributed by atoms with Crippen molar-refractivity contribution in [3.63, 3.8) is 0 Å². The van der Waals surface area contributed by atoms with Crippen molar-refractivity contribution in [3.05, 3.63) is 34.6 Å². The summed E-state index contributed by atoms with van der Waals surface area (Å²) in [5.74, 6) is -1.36. The van der Waals surface area contributed by atoms with Gasteiger partial charge in [-0.2, -0.15) is 0 Å². The van der Waals surface area contributed by atoms with E-state index in [0.717, 1.165) is 0 Å². The third-order valence-corrected chi connectivity index (χ3v) is 3.44. The molecule has 0 spiro atoms. The Balaban J connectivity index is 2.08. The van der Waals surface area contributed by atoms with Crippen molar-refractivity contribution < 1.29 is 14.3 Å². The number of carboxylic acid groups (broad SMARTS) is 1. The van der Waals surface area contributed by atoms with Crippen molar-refractivity contribution >= 4 is 17.6 Å². The quantitative estimate of drug-likeness (QED) is 0.874. The van der Waals surface area contributed by atoms with Crippen LogP contribution in [-0.2, 0) is 11.3 Å². The highest BCUT2D eigenvalue weighted by Crippen LogP contribution is 2.23. The van der Waals surface area contributed by atoms with Crippen molar-refractivity contribution in [2.75, 3.05) is 13.1 Å². The number of rotatable bonds is 3. The summed E-state index contributed by atoms with van der Waals surface area (Å²) in [4.78, 5) is 12.8. The molecule has 1 aliphatic rings. The normalized spacial score (nSPS) is 24.4. The molecule has 18 heavy (non-hydrogen) atoms. The van der Waals surface area contributed by atoms with Gasteiger partial charge in [0.2, 0.25) is 0 Å². The fourth-order valence-corrected chi connectivity index (χ4v) is 2.32. The largest absolute Gasteiger partial charge is 0.480 e. The van der Waals surface area contributed by atoms with E-state index in [9.17, 15) is 9.18 Å². The summed E-state index contributed by atoms with van der Waals surface area (Å²) in [5, 5.41) is 9.47. The Kier molecular flexibility index (Phi) is 3.56. The van der Waals surface area contributed by atoms with Crippen molar-refractivity contribution in [2.45, 2.75) is 18.5 Å². The maximum atomic E-state index is 13.5. The molecule has 1 unspecified atom stereocenters. The minimum absolute atomic E-state index is 0.217. The molecule has 3 N–H and O–H groups in total. The first-order valence-electron chi connectivity index (χ1n) is 5.59. The van der Waals surface area contributed by atoms with Crippen LogP contribution < -0.4 is 5.73 Å². The molecule has 0 amide bonds. The maximum absolute atomic E-state index is 13.5. The van der Waals surface area contributed by atoms with E-state index in [-0.39, 0.29) is 12.4 Å². The number of hydrogen-bond acceptors (Lipinski definition) is 3. The zero-order valence-electron chi connectivity index (χ0n) is 9.70. The third-order valence-electron chi connectivity index (χ3n) is 3.21. The zero-order valence-corrected chi connectivity index (χ0v) is 10.5. The minimum Gasteiger partial charge on any atom is -0.480 e. The maximum Gasteiger partial charge on any atom is 0.325 e. The van der Waals surface area contributed by atoms with Crippen LogP contribution in [0.4, 0.5) is 4.39 Å². The standard InChI is InChI=1S/C12H14ClFN2O2/c13-9-1-2-10(14)8(5-9)6-16-4-3-12(15,7-16)11(17)18/h1-2,5H,3-4,6-7,15H2,(H,17,18). The molecule has 4 nitrogen and oxygen atoms in total. The summed E-state index contributed by atoms with van der Waals surface area (Å²) in [7, 11) is 0. The van der Waals surface area contributed by atoms with Crippen LogP contribution in [0.2, 0.25) is 5.02 Å². The fraction of sp³-hybridized carbons (Fsp3) is 0.417. The van der Waals surface area contributed by atoms with Crippen molar-refractivity contribution in [1.82, 2.24) is 4.90 Å². The summed E-state index contributed by atoms with van der Waals surface area (Å²) in [5.41, 5.74) is 4.98. The number of aliphatic carboxylic acids is 1. The molecule has 98 valence electrons. The van der Waals surface area contributed by atoms with E-state index in [4.69, 9.17) is 22.4 Å². The molecule has 2 rings (SSSR count). The van der Waals surface area contributed by atoms with E-state index in [0.29, 0.717) is 30.1 Å². The number of likely N-dealkylation sites (tertiary alicyclic amines) is 1. The molecule has 0 aliphatic carbocycles. The smallest absolute Gasteiger partial charge is 0.325 e. The van der Waals surface area contributed by atoms with Gasteiger partial charge in [0.1, 0.15) is 11.4 Å². The van der Waals surface area contributed by atoms with Crippen LogP contribution in [0.1, 0.15) is 12.0 Å². The van der Waals surface area contributed by atoms with Crippen LogP contribution in [0.3, 0.4) is 0 Å². The van der Waals surface area contributed by atoms with E-state index in [1.807, 2.05) is 4.90 Å². The number of carbonyl (C=O) groups is 1. The van der Waals surface area contributed by atoms with Crippen molar-refractivity contribution in [3.8, 4) is 0 Å². The van der Waals surface area contributed by atoms with Gasteiger partial charge in [-0.1, -0.05) is 11.6 Å². The lowest BCUT2D eigenvalue weighted by Crippen LogP contribution is -2.50. The SMILES string of the molecule is NC1(C(=O)O)CCN(Cc2cc(Cl)ccc2F)C1. The summed E-state index contributed by atoms with van der Waals surface area (Å²) in [6.45, 7) is 1.07. The van der Waals surface area contributed by atoms with Crippen molar-refractivity contribution in [2.24, 2.45) is 5.73 Å². The average Bonchev–Trinajstić information content (AvgIpc) is 2.67. The Bertz CT molecular complexity index is 483. The van der Waals surface area contributed by atoms with E-state index >= 15 is 0 Å². The van der Waals surface area contributed by atoms with Crippen LogP contribution in [-0.4, -0.2) is 34.6 Å². The van der Waals surface area contributed by atoms with Crippen LogP contribution in [0, 0.1) is 5.82 Å². The van der Waals surface area contributed by atoms with Gasteiger partial charge in [-0.15, -0.1) is 0 Å². The van der Waals surface area contributed by atoms with E-state index in [2.05, 4.69) is 0 Å². The van der Waals surface area contributed by atoms with Crippen LogP contribution >= 0.6 is 11.6 Å². The number of benzene rings is 1. The second-order valence-corrected chi connectivity index (χ2v) is 5.09. The van der Waals surface area contributed by atoms with Crippen LogP contribution in [0.15, 0.2) is 18.2 Å². The second kappa shape index (κ2) is 4.84. The molecule has 1 aromatic carbocycles. The van der Waals surface area contributed by atoms with Gasteiger partial charge in [-0.25, -0.2) is 4.39 Å². The number of carboxylic acids is 1. The predicted octanol–water partition coefficient (Wildman–Crippen LogP) is 1.47. The number of nitrogens with zero attached hydrogens (tertiary/aromatic N) is 1. The molecule has 6 heteroatoms. The van der Waals surface area contributed by atoms with Gasteiger partial charge < -0.3 is 10.8 Å². The second-order valence-electron chi connectivity index (χ2n) is 4.66. The molecule has 1 fully saturated rings. The highest BCUT2D eigenvalue weighted by molar-refractivity contribution is 6.30. The number of nitrogens with two attached hydrogens (primary N) is 1. The monoisotopic (exact) mass is 272 g/mol. The summed E-state index contributed by atoms with van der Waals surface area (Å²) in [6.07, 6.45) is 0.366. The van der Waals surface area contributed by atoms with Gasteiger partial charge in [0.25, 0.3) is 0 Å². The molecule has 0 radical (unpaired) electrons. The summed E-state index contributed by atoms with van der Waals surface area (Å²) in [6, 6.07) is 4.34. The van der Waals surface area contributed by atoms with Gasteiger partial charge in [-0.05, 0) is 24.6 Å². The van der Waals surface area contributed by atoms with Gasteiger partial charge >= 0.3 is 5.97 Å². The molecule has 1 aromatic rings. The number of halogens is 2. The molecule has 1 aliphatic heterocycles. The van der Waals surface area contributed by atoms with Crippen molar-refractivity contribution in [1.29, 1.82) is 0 Å². The average molecular weight is 273 g/mol. The van der Waals surface area contributed by atoms with Crippen LogP contribution in [0.5, 0.6) is 0 Å². The first-order chi connectivity index (χ1) is 8.40. The molecular formula is C12H14ClFN2O2. The minimum atomic E-state index is -1.23. The Morgan fingerprint density at radius 1 is 1.61 bits per heavy atom. The fourth-order valence-electron chi connectivity index (χ4n) is 2.13. The predicted molar refractivity (Wildman–Crippen MR) is 65.9 cm³/mol. The molecule has 1 atom stereocenters. The van der Waals surface area contributed by atoms with E-state index in [1.54, 1.807) is 6.07 Å². The molecule has 0 aromatic heterocycles. The van der Waals surface area contributed by atoms with Gasteiger partial charge in [0.05, 0.1) is 0 Å². The first-order valence-corrected chi connectivity index (χ1v) is 5.97. The lowest BCUT2D eigenvalue weighted by Gasteiger charge is -2.20. The van der Waals surface area contributed by atoms with Gasteiger partial charge in [0.15, 0.2) is 0 Å². The van der Waals surface area contributed by atoms with Gasteiger partial charge in [0, 0.05) is 30.2 Å². The molecule has 0 bridgehead atoms. The van der Waals surface area contributed by atoms with Gasteiger partial charge in [-0.3, -0.25) is 9.69 Å². The molecule has 0 saturated carbocycles.